The largest absolute Gasteiger partial charge is 0.353 e. The van der Waals surface area contributed by atoms with Crippen LogP contribution in [0.4, 0.5) is 5.95 Å². The Morgan fingerprint density at radius 2 is 1.82 bits per heavy atom. The molecule has 2 unspecified atom stereocenters. The van der Waals surface area contributed by atoms with Crippen LogP contribution in [-0.2, 0) is 0 Å². The quantitative estimate of drug-likeness (QED) is 0.355. The number of anilines is 1. The third kappa shape index (κ3) is 5.14. The number of hydrogen-bond donors (Lipinski definition) is 1. The molecule has 0 amide bonds. The zero-order valence-electron chi connectivity index (χ0n) is 16.0. The van der Waals surface area contributed by atoms with Crippen LogP contribution in [0, 0.1) is 0 Å². The van der Waals surface area contributed by atoms with Crippen LogP contribution in [0.15, 0.2) is 52.2 Å². The molecule has 1 aliphatic carbocycles. The van der Waals surface area contributed by atoms with Crippen molar-refractivity contribution in [2.45, 2.75) is 25.3 Å². The number of guanidine groups is 1. The van der Waals surface area contributed by atoms with E-state index in [9.17, 15) is 0 Å². The monoisotopic (exact) mass is 556 g/mol. The second-order valence-electron chi connectivity index (χ2n) is 6.97. The Morgan fingerprint density at radius 1 is 1.14 bits per heavy atom. The molecule has 2 aromatic rings. The van der Waals surface area contributed by atoms with Crippen molar-refractivity contribution in [3.05, 3.63) is 52.8 Å². The van der Waals surface area contributed by atoms with Gasteiger partial charge >= 0.3 is 0 Å². The van der Waals surface area contributed by atoms with Gasteiger partial charge in [0, 0.05) is 61.5 Å². The van der Waals surface area contributed by atoms with Gasteiger partial charge in [0.1, 0.15) is 0 Å². The maximum Gasteiger partial charge on any atom is 0.225 e. The smallest absolute Gasteiger partial charge is 0.225 e. The van der Waals surface area contributed by atoms with Crippen molar-refractivity contribution in [2.75, 3.05) is 37.6 Å². The van der Waals surface area contributed by atoms with Gasteiger partial charge in [-0.2, -0.15) is 0 Å². The zero-order chi connectivity index (χ0) is 18.6. The molecule has 2 aliphatic rings. The van der Waals surface area contributed by atoms with Gasteiger partial charge in [-0.3, -0.25) is 4.99 Å². The van der Waals surface area contributed by atoms with E-state index in [4.69, 9.17) is 4.99 Å². The molecule has 2 fully saturated rings. The third-order valence-electron chi connectivity index (χ3n) is 5.13. The molecule has 150 valence electrons. The van der Waals surface area contributed by atoms with Gasteiger partial charge in [0.25, 0.3) is 0 Å². The highest BCUT2D eigenvalue weighted by molar-refractivity contribution is 14.0. The molecule has 0 radical (unpaired) electrons. The molecule has 2 atom stereocenters. The summed E-state index contributed by atoms with van der Waals surface area (Å²) in [4.78, 5) is 18.1. The van der Waals surface area contributed by atoms with E-state index in [2.05, 4.69) is 72.2 Å². The number of aromatic nitrogens is 2. The molecular weight excluding hydrogens is 531 g/mol. The van der Waals surface area contributed by atoms with E-state index in [-0.39, 0.29) is 24.0 Å². The Labute approximate surface area is 192 Å². The summed E-state index contributed by atoms with van der Waals surface area (Å²) in [5, 5.41) is 3.69. The zero-order valence-corrected chi connectivity index (χ0v) is 19.9. The summed E-state index contributed by atoms with van der Waals surface area (Å²) in [5.41, 5.74) is 1.40. The Balaban J connectivity index is 0.00000225. The fourth-order valence-electron chi connectivity index (χ4n) is 3.56. The Morgan fingerprint density at radius 3 is 2.46 bits per heavy atom. The molecule has 4 rings (SSSR count). The number of aliphatic imine (C=N–C) groups is 1. The van der Waals surface area contributed by atoms with Crippen molar-refractivity contribution >= 4 is 51.8 Å². The van der Waals surface area contributed by atoms with Crippen molar-refractivity contribution in [3.8, 4) is 0 Å². The topological polar surface area (TPSA) is 56.7 Å². The van der Waals surface area contributed by atoms with E-state index in [1.807, 2.05) is 6.07 Å². The summed E-state index contributed by atoms with van der Waals surface area (Å²) in [6.07, 6.45) is 4.77. The molecule has 2 heterocycles. The highest BCUT2D eigenvalue weighted by atomic mass is 127. The molecule has 0 bridgehead atoms. The van der Waals surface area contributed by atoms with E-state index in [0.29, 0.717) is 12.0 Å². The van der Waals surface area contributed by atoms with Crippen LogP contribution >= 0.6 is 39.9 Å². The molecule has 1 N–H and O–H groups in total. The fourth-order valence-corrected chi connectivity index (χ4v) is 3.82. The Bertz CT molecular complexity index is 777. The molecule has 1 aromatic carbocycles. The van der Waals surface area contributed by atoms with Gasteiger partial charge in [-0.25, -0.2) is 9.97 Å². The predicted octanol–water partition coefficient (Wildman–Crippen LogP) is 3.50. The van der Waals surface area contributed by atoms with Crippen LogP contribution in [0.2, 0.25) is 0 Å². The average molecular weight is 557 g/mol. The number of piperazine rings is 1. The van der Waals surface area contributed by atoms with Crippen molar-refractivity contribution in [2.24, 2.45) is 4.99 Å². The number of hydrogen-bond acceptors (Lipinski definition) is 4. The van der Waals surface area contributed by atoms with Crippen molar-refractivity contribution in [1.82, 2.24) is 20.2 Å². The second kappa shape index (κ2) is 9.87. The lowest BCUT2D eigenvalue weighted by Gasteiger charge is -2.36. The van der Waals surface area contributed by atoms with Gasteiger partial charge in [0.05, 0.1) is 0 Å². The first-order valence-corrected chi connectivity index (χ1v) is 10.4. The van der Waals surface area contributed by atoms with Crippen LogP contribution in [0.5, 0.6) is 0 Å². The van der Waals surface area contributed by atoms with E-state index >= 15 is 0 Å². The summed E-state index contributed by atoms with van der Waals surface area (Å²) >= 11 is 3.51. The molecule has 1 aliphatic heterocycles. The molecule has 6 nitrogen and oxygen atoms in total. The molecule has 1 saturated carbocycles. The SMILES string of the molecule is CCN=C(NC1CC1c1ccc(Br)cc1)N1CCN(c2ncccn2)CC1.I. The first-order valence-electron chi connectivity index (χ1n) is 9.58. The lowest BCUT2D eigenvalue weighted by Crippen LogP contribution is -2.53. The molecule has 28 heavy (non-hydrogen) atoms. The average Bonchev–Trinajstić information content (AvgIpc) is 3.48. The number of benzene rings is 1. The summed E-state index contributed by atoms with van der Waals surface area (Å²) in [5.74, 6) is 2.44. The maximum atomic E-state index is 4.74. The molecule has 1 saturated heterocycles. The van der Waals surface area contributed by atoms with E-state index < -0.39 is 0 Å². The summed E-state index contributed by atoms with van der Waals surface area (Å²) in [6, 6.07) is 11.0. The van der Waals surface area contributed by atoms with Crippen molar-refractivity contribution in [3.63, 3.8) is 0 Å². The van der Waals surface area contributed by atoms with Gasteiger partial charge in [-0.15, -0.1) is 24.0 Å². The number of halogens is 2. The first-order chi connectivity index (χ1) is 13.2. The lowest BCUT2D eigenvalue weighted by molar-refractivity contribution is 0.369. The lowest BCUT2D eigenvalue weighted by atomic mass is 10.1. The van der Waals surface area contributed by atoms with Crippen LogP contribution in [0.1, 0.15) is 24.8 Å². The highest BCUT2D eigenvalue weighted by Crippen LogP contribution is 2.41. The van der Waals surface area contributed by atoms with E-state index in [1.54, 1.807) is 12.4 Å². The van der Waals surface area contributed by atoms with Crippen molar-refractivity contribution in [1.29, 1.82) is 0 Å². The molecule has 1 aromatic heterocycles. The third-order valence-corrected chi connectivity index (χ3v) is 5.65. The van der Waals surface area contributed by atoms with E-state index in [1.165, 1.54) is 12.0 Å². The van der Waals surface area contributed by atoms with Crippen LogP contribution in [-0.4, -0.2) is 59.6 Å². The standard InChI is InChI=1S/C20H25BrN6.HI/c1-2-22-20(25-18-14-17(18)15-4-6-16(21)7-5-15)27-12-10-26(11-13-27)19-23-8-3-9-24-19;/h3-9,17-18H,2,10-14H2,1H3,(H,22,25);1H. The second-order valence-corrected chi connectivity index (χ2v) is 7.88. The Kier molecular flexibility index (Phi) is 7.50. The molecule has 0 spiro atoms. The maximum absolute atomic E-state index is 4.74. The Hall–Kier alpha value is -1.42. The summed E-state index contributed by atoms with van der Waals surface area (Å²) < 4.78 is 1.13. The number of rotatable bonds is 4. The molecular formula is C20H26BrIN6. The highest BCUT2D eigenvalue weighted by Gasteiger charge is 2.39. The van der Waals surface area contributed by atoms with Gasteiger partial charge in [-0.1, -0.05) is 28.1 Å². The molecule has 8 heteroatoms. The van der Waals surface area contributed by atoms with Crippen molar-refractivity contribution < 1.29 is 0 Å². The number of nitrogens with zero attached hydrogens (tertiary/aromatic N) is 5. The van der Waals surface area contributed by atoms with Crippen LogP contribution in [0.25, 0.3) is 0 Å². The van der Waals surface area contributed by atoms with Gasteiger partial charge in [0.15, 0.2) is 5.96 Å². The minimum Gasteiger partial charge on any atom is -0.353 e. The summed E-state index contributed by atoms with van der Waals surface area (Å²) in [6.45, 7) is 6.57. The number of nitrogens with one attached hydrogen (secondary N) is 1. The fraction of sp³-hybridized carbons (Fsp3) is 0.450. The van der Waals surface area contributed by atoms with Gasteiger partial charge < -0.3 is 15.1 Å². The van der Waals surface area contributed by atoms with Gasteiger partial charge in [0.2, 0.25) is 5.95 Å². The summed E-state index contributed by atoms with van der Waals surface area (Å²) in [7, 11) is 0. The van der Waals surface area contributed by atoms with Crippen LogP contribution in [0.3, 0.4) is 0 Å². The normalized spacial score (nSPS) is 21.9. The minimum atomic E-state index is 0. The van der Waals surface area contributed by atoms with Gasteiger partial charge in [-0.05, 0) is 37.1 Å². The minimum absolute atomic E-state index is 0. The van der Waals surface area contributed by atoms with Crippen LogP contribution < -0.4 is 10.2 Å². The first kappa shape index (κ1) is 21.3. The predicted molar refractivity (Wildman–Crippen MR) is 128 cm³/mol. The van der Waals surface area contributed by atoms with E-state index in [0.717, 1.165) is 49.1 Å².